The first-order valence-corrected chi connectivity index (χ1v) is 11.7. The molecule has 1 aliphatic rings. The van der Waals surface area contributed by atoms with E-state index < -0.39 is 0 Å². The fraction of sp³-hybridized carbons (Fsp3) is 0.308. The van der Waals surface area contributed by atoms with Crippen molar-refractivity contribution in [1.82, 2.24) is 0 Å². The van der Waals surface area contributed by atoms with E-state index in [-0.39, 0.29) is 21.9 Å². The number of rotatable bonds is 4. The second kappa shape index (κ2) is 7.14. The van der Waals surface area contributed by atoms with E-state index in [1.54, 1.807) is 6.07 Å². The molecule has 1 saturated carbocycles. The van der Waals surface area contributed by atoms with Crippen LogP contribution in [0, 0.1) is 11.7 Å². The van der Waals surface area contributed by atoms with Crippen LogP contribution in [0.5, 0.6) is 5.75 Å². The number of hydrogen-bond donors (Lipinski definition) is 0. The maximum Gasteiger partial charge on any atom is 0.187 e. The Balaban J connectivity index is 1.67. The van der Waals surface area contributed by atoms with Crippen LogP contribution in [0.15, 0.2) is 66.7 Å². The highest BCUT2D eigenvalue weighted by Gasteiger charge is 2.40. The zero-order chi connectivity index (χ0) is 20.0. The van der Waals surface area contributed by atoms with Crippen molar-refractivity contribution >= 4 is 30.6 Å². The Morgan fingerprint density at radius 3 is 2.03 bits per heavy atom. The molecule has 0 radical (unpaired) electrons. The summed E-state index contributed by atoms with van der Waals surface area (Å²) in [5.74, 6) is 0.515. The topological polar surface area (TPSA) is 9.23 Å². The van der Waals surface area contributed by atoms with Crippen LogP contribution >= 0.6 is 10.5 Å². The largest absolute Gasteiger partial charge is 0.484 e. The molecule has 0 amide bonds. The predicted molar refractivity (Wildman–Crippen MR) is 122 cm³/mol. The van der Waals surface area contributed by atoms with Crippen molar-refractivity contribution in [3.63, 3.8) is 0 Å². The molecule has 0 aliphatic heterocycles. The number of hydrogen-bond acceptors (Lipinski definition) is 1. The summed E-state index contributed by atoms with van der Waals surface area (Å²) < 4.78 is 23.9. The SMILES string of the molecule is CC(C)C1(Oc2cc(-[s+]3c4ccccc4c4ccccc43)ccc2F)CCCC1. The van der Waals surface area contributed by atoms with E-state index in [9.17, 15) is 4.39 Å². The van der Waals surface area contributed by atoms with E-state index in [1.165, 1.54) is 20.2 Å². The zero-order valence-electron chi connectivity index (χ0n) is 17.0. The summed E-state index contributed by atoms with van der Waals surface area (Å²) in [6.45, 7) is 4.39. The minimum atomic E-state index is -0.259. The lowest BCUT2D eigenvalue weighted by Crippen LogP contribution is -2.38. The molecule has 1 nitrogen and oxygen atoms in total. The van der Waals surface area contributed by atoms with Crippen molar-refractivity contribution < 1.29 is 9.13 Å². The number of halogens is 1. The van der Waals surface area contributed by atoms with E-state index in [0.29, 0.717) is 11.7 Å². The highest BCUT2D eigenvalue weighted by molar-refractivity contribution is 7.50. The second-order valence-corrected chi connectivity index (χ2v) is 10.4. The average molecular weight is 406 g/mol. The van der Waals surface area contributed by atoms with Crippen LogP contribution < -0.4 is 4.74 Å². The Labute approximate surface area is 174 Å². The monoisotopic (exact) mass is 405 g/mol. The molecule has 0 unspecified atom stereocenters. The third-order valence-corrected chi connectivity index (χ3v) is 8.77. The van der Waals surface area contributed by atoms with Crippen LogP contribution in [0.4, 0.5) is 4.39 Å². The highest BCUT2D eigenvalue weighted by atomic mass is 32.2. The summed E-state index contributed by atoms with van der Waals surface area (Å²) in [7, 11) is -0.233. The van der Waals surface area contributed by atoms with Crippen LogP contribution in [0.2, 0.25) is 0 Å². The molecule has 29 heavy (non-hydrogen) atoms. The second-order valence-electron chi connectivity index (χ2n) is 8.42. The normalized spacial score (nSPS) is 16.1. The van der Waals surface area contributed by atoms with Crippen molar-refractivity contribution in [3.05, 3.63) is 72.5 Å². The molecule has 3 aromatic carbocycles. The third-order valence-electron chi connectivity index (χ3n) is 6.46. The highest BCUT2D eigenvalue weighted by Crippen LogP contribution is 2.49. The van der Waals surface area contributed by atoms with E-state index in [4.69, 9.17) is 4.74 Å². The first-order valence-electron chi connectivity index (χ1n) is 10.5. The van der Waals surface area contributed by atoms with Crippen molar-refractivity contribution in [2.75, 3.05) is 0 Å². The van der Waals surface area contributed by atoms with Gasteiger partial charge < -0.3 is 4.74 Å². The Morgan fingerprint density at radius 1 is 0.862 bits per heavy atom. The fourth-order valence-corrected chi connectivity index (χ4v) is 7.18. The van der Waals surface area contributed by atoms with Crippen LogP contribution in [0.3, 0.4) is 0 Å². The molecule has 3 heteroatoms. The van der Waals surface area contributed by atoms with E-state index in [1.807, 2.05) is 12.1 Å². The summed E-state index contributed by atoms with van der Waals surface area (Å²) in [6, 6.07) is 22.6. The van der Waals surface area contributed by atoms with Crippen molar-refractivity contribution in [2.24, 2.45) is 5.92 Å². The van der Waals surface area contributed by atoms with Gasteiger partial charge in [0, 0.05) is 33.4 Å². The number of benzene rings is 3. The molecule has 148 valence electrons. The summed E-state index contributed by atoms with van der Waals surface area (Å²) in [5.41, 5.74) is -0.242. The Bertz CT molecular complexity index is 1130. The van der Waals surface area contributed by atoms with Crippen molar-refractivity contribution in [3.8, 4) is 10.6 Å². The van der Waals surface area contributed by atoms with Gasteiger partial charge in [-0.2, -0.15) is 0 Å². The van der Waals surface area contributed by atoms with Gasteiger partial charge >= 0.3 is 0 Å². The van der Waals surface area contributed by atoms with Crippen LogP contribution in [-0.2, 0) is 0 Å². The molecule has 0 spiro atoms. The number of fused-ring (bicyclic) bond motifs is 3. The lowest BCUT2D eigenvalue weighted by Gasteiger charge is -2.34. The quantitative estimate of drug-likeness (QED) is 0.311. The molecule has 0 bridgehead atoms. The van der Waals surface area contributed by atoms with Gasteiger partial charge in [-0.25, -0.2) is 4.39 Å². The Morgan fingerprint density at radius 2 is 1.45 bits per heavy atom. The van der Waals surface area contributed by atoms with Gasteiger partial charge in [0.1, 0.15) is 5.60 Å². The van der Waals surface area contributed by atoms with E-state index >= 15 is 0 Å². The summed E-state index contributed by atoms with van der Waals surface area (Å²) in [4.78, 5) is 1.12. The Kier molecular flexibility index (Phi) is 4.59. The fourth-order valence-electron chi connectivity index (χ4n) is 4.79. The average Bonchev–Trinajstić information content (AvgIpc) is 3.33. The van der Waals surface area contributed by atoms with Gasteiger partial charge in [-0.05, 0) is 61.9 Å². The third kappa shape index (κ3) is 3.03. The smallest absolute Gasteiger partial charge is 0.187 e. The molecular formula is C26H26FOS+. The number of ether oxygens (including phenoxy) is 1. The van der Waals surface area contributed by atoms with Gasteiger partial charge in [-0.3, -0.25) is 0 Å². The van der Waals surface area contributed by atoms with Crippen LogP contribution in [0.1, 0.15) is 39.5 Å². The maximum absolute atomic E-state index is 14.8. The molecule has 4 aromatic rings. The molecule has 1 aliphatic carbocycles. The lowest BCUT2D eigenvalue weighted by molar-refractivity contribution is 0.0252. The predicted octanol–water partition coefficient (Wildman–Crippen LogP) is 8.22. The minimum Gasteiger partial charge on any atom is -0.484 e. The standard InChI is InChI=1S/C26H26FOS/c1-18(2)26(15-7-8-16-26)28-23-17-19(13-14-22(23)27)29-24-11-5-3-9-20(24)21-10-4-6-12-25(21)29/h3-6,9-14,17-18H,7-8,15-16H2,1-2H3/q+1. The van der Waals surface area contributed by atoms with Gasteiger partial charge in [0.15, 0.2) is 25.9 Å². The van der Waals surface area contributed by atoms with Crippen molar-refractivity contribution in [1.29, 1.82) is 0 Å². The zero-order valence-corrected chi connectivity index (χ0v) is 17.8. The molecule has 0 N–H and O–H groups in total. The van der Waals surface area contributed by atoms with Crippen LogP contribution in [-0.4, -0.2) is 5.60 Å². The first-order chi connectivity index (χ1) is 14.1. The van der Waals surface area contributed by atoms with Crippen molar-refractivity contribution in [2.45, 2.75) is 45.1 Å². The van der Waals surface area contributed by atoms with Gasteiger partial charge in [-0.1, -0.05) is 38.1 Å². The summed E-state index contributed by atoms with van der Waals surface area (Å²) >= 11 is 0. The molecule has 0 atom stereocenters. The molecule has 5 rings (SSSR count). The molecular weight excluding hydrogens is 379 g/mol. The Hall–Kier alpha value is -2.39. The summed E-state index contributed by atoms with van der Waals surface area (Å²) in [6.07, 6.45) is 4.33. The molecule has 1 heterocycles. The first kappa shape index (κ1) is 18.6. The van der Waals surface area contributed by atoms with Gasteiger partial charge in [0.2, 0.25) is 0 Å². The summed E-state index contributed by atoms with van der Waals surface area (Å²) in [5, 5.41) is 2.57. The van der Waals surface area contributed by atoms with Gasteiger partial charge in [0.25, 0.3) is 0 Å². The maximum atomic E-state index is 14.8. The van der Waals surface area contributed by atoms with E-state index in [0.717, 1.165) is 30.6 Å². The molecule has 0 saturated heterocycles. The molecule has 1 aromatic heterocycles. The van der Waals surface area contributed by atoms with Gasteiger partial charge in [-0.15, -0.1) is 0 Å². The van der Waals surface area contributed by atoms with E-state index in [2.05, 4.69) is 62.4 Å². The molecule has 1 fully saturated rings. The lowest BCUT2D eigenvalue weighted by atomic mass is 9.88. The number of thiophene rings is 1. The van der Waals surface area contributed by atoms with Gasteiger partial charge in [0.05, 0.1) is 0 Å². The minimum absolute atomic E-state index is 0.233. The van der Waals surface area contributed by atoms with Crippen LogP contribution in [0.25, 0.3) is 25.1 Å².